The summed E-state index contributed by atoms with van der Waals surface area (Å²) in [5.41, 5.74) is 16.7. The van der Waals surface area contributed by atoms with Gasteiger partial charge in [0.2, 0.25) is 0 Å². The molecule has 0 spiro atoms. The summed E-state index contributed by atoms with van der Waals surface area (Å²) in [5.74, 6) is 2.51. The lowest BCUT2D eigenvalue weighted by atomic mass is 9.83. The number of nitrogen functional groups attached to an aromatic ring is 2. The van der Waals surface area contributed by atoms with E-state index in [0.717, 1.165) is 41.6 Å². The predicted octanol–water partition coefficient (Wildman–Crippen LogP) is 4.18. The van der Waals surface area contributed by atoms with Crippen LogP contribution in [0.25, 0.3) is 0 Å². The number of aromatic nitrogens is 5. The van der Waals surface area contributed by atoms with Crippen molar-refractivity contribution in [2.45, 2.75) is 58.8 Å². The Morgan fingerprint density at radius 2 is 1.55 bits per heavy atom. The third kappa shape index (κ3) is 5.75. The lowest BCUT2D eigenvalue weighted by Crippen LogP contribution is -2.15. The largest absolute Gasteiger partial charge is 0.383 e. The van der Waals surface area contributed by atoms with E-state index in [1.54, 1.807) is 12.5 Å². The second-order valence-corrected chi connectivity index (χ2v) is 8.75. The number of nitrogens with two attached hydrogens (primary N) is 2. The van der Waals surface area contributed by atoms with Crippen molar-refractivity contribution in [1.29, 1.82) is 0 Å². The maximum Gasteiger partial charge on any atom is 0.130 e. The lowest BCUT2D eigenvalue weighted by molar-refractivity contribution is 0.465. The third-order valence-corrected chi connectivity index (χ3v) is 6.23. The fourth-order valence-corrected chi connectivity index (χ4v) is 4.10. The van der Waals surface area contributed by atoms with Gasteiger partial charge in [-0.05, 0) is 60.1 Å². The summed E-state index contributed by atoms with van der Waals surface area (Å²) in [6, 6.07) is 4.27. The highest BCUT2D eigenvalue weighted by Gasteiger charge is 2.22. The maximum atomic E-state index is 6.44. The summed E-state index contributed by atoms with van der Waals surface area (Å²) >= 11 is 0. The molecule has 0 aliphatic heterocycles. The summed E-state index contributed by atoms with van der Waals surface area (Å²) in [6.45, 7) is 8.81. The molecule has 4 N–H and O–H groups in total. The number of pyridine rings is 1. The van der Waals surface area contributed by atoms with Crippen LogP contribution in [0, 0.1) is 11.8 Å². The van der Waals surface area contributed by atoms with E-state index < -0.39 is 0 Å². The van der Waals surface area contributed by atoms with Crippen LogP contribution >= 0.6 is 0 Å². The maximum absolute atomic E-state index is 6.44. The average molecular weight is 420 g/mol. The van der Waals surface area contributed by atoms with Crippen molar-refractivity contribution >= 4 is 11.6 Å². The number of hydrogen-bond acceptors (Lipinski definition) is 7. The molecule has 0 bridgehead atoms. The van der Waals surface area contributed by atoms with Crippen LogP contribution in [-0.4, -0.2) is 24.9 Å². The molecule has 0 saturated heterocycles. The molecule has 7 nitrogen and oxygen atoms in total. The Morgan fingerprint density at radius 1 is 0.839 bits per heavy atom. The molecule has 0 saturated carbocycles. The van der Waals surface area contributed by atoms with E-state index in [1.165, 1.54) is 6.33 Å². The highest BCUT2D eigenvalue weighted by Crippen LogP contribution is 2.33. The molecule has 0 aliphatic carbocycles. The van der Waals surface area contributed by atoms with Crippen molar-refractivity contribution in [1.82, 2.24) is 24.9 Å². The first-order valence-corrected chi connectivity index (χ1v) is 10.9. The second-order valence-electron chi connectivity index (χ2n) is 8.75. The zero-order valence-corrected chi connectivity index (χ0v) is 18.9. The van der Waals surface area contributed by atoms with E-state index in [9.17, 15) is 0 Å². The topological polar surface area (TPSA) is 116 Å². The second kappa shape index (κ2) is 10.3. The van der Waals surface area contributed by atoms with Crippen molar-refractivity contribution in [3.05, 3.63) is 65.8 Å². The minimum Gasteiger partial charge on any atom is -0.383 e. The number of aryl methyl sites for hydroxylation is 1. The predicted molar refractivity (Wildman–Crippen MR) is 124 cm³/mol. The van der Waals surface area contributed by atoms with Crippen LogP contribution < -0.4 is 11.5 Å². The smallest absolute Gasteiger partial charge is 0.130 e. The van der Waals surface area contributed by atoms with Crippen molar-refractivity contribution in [2.24, 2.45) is 11.8 Å². The van der Waals surface area contributed by atoms with Crippen molar-refractivity contribution in [2.75, 3.05) is 11.5 Å². The summed E-state index contributed by atoms with van der Waals surface area (Å²) in [6.07, 6.45) is 11.3. The van der Waals surface area contributed by atoms with E-state index in [0.29, 0.717) is 29.4 Å². The molecule has 0 fully saturated rings. The molecule has 0 radical (unpaired) electrons. The zero-order valence-electron chi connectivity index (χ0n) is 18.9. The average Bonchev–Trinajstić information content (AvgIpc) is 2.75. The van der Waals surface area contributed by atoms with Gasteiger partial charge >= 0.3 is 0 Å². The molecule has 0 aliphatic rings. The molecular formula is C24H33N7. The molecular weight excluding hydrogens is 386 g/mol. The van der Waals surface area contributed by atoms with Crippen LogP contribution in [0.4, 0.5) is 11.6 Å². The summed E-state index contributed by atoms with van der Waals surface area (Å²) in [7, 11) is 0. The van der Waals surface area contributed by atoms with Gasteiger partial charge in [-0.15, -0.1) is 0 Å². The molecule has 0 amide bonds. The van der Waals surface area contributed by atoms with E-state index in [2.05, 4.69) is 59.8 Å². The quantitative estimate of drug-likeness (QED) is 0.534. The Morgan fingerprint density at radius 3 is 2.19 bits per heavy atom. The minimum absolute atomic E-state index is 0.223. The van der Waals surface area contributed by atoms with Crippen LogP contribution in [0.2, 0.25) is 0 Å². The van der Waals surface area contributed by atoms with Crippen molar-refractivity contribution in [3.63, 3.8) is 0 Å². The SMILES string of the molecule is CC(Cc1ccc([C@@H](CCc2cncnc2)C(C)C)c(N)n1)C(C)c1cncnc1N. The first-order valence-electron chi connectivity index (χ1n) is 10.9. The Balaban J connectivity index is 1.71. The van der Waals surface area contributed by atoms with Gasteiger partial charge in [0.1, 0.15) is 24.3 Å². The summed E-state index contributed by atoms with van der Waals surface area (Å²) in [5, 5.41) is 0. The third-order valence-electron chi connectivity index (χ3n) is 6.23. The molecule has 164 valence electrons. The number of hydrogen-bond donors (Lipinski definition) is 2. The molecule has 31 heavy (non-hydrogen) atoms. The van der Waals surface area contributed by atoms with E-state index in [-0.39, 0.29) is 5.92 Å². The Bertz CT molecular complexity index is 975. The molecule has 0 aromatic carbocycles. The fourth-order valence-electron chi connectivity index (χ4n) is 4.10. The molecule has 3 aromatic rings. The Labute approximate surface area is 184 Å². The number of nitrogens with zero attached hydrogens (tertiary/aromatic N) is 5. The van der Waals surface area contributed by atoms with Gasteiger partial charge in [-0.2, -0.15) is 0 Å². The van der Waals surface area contributed by atoms with Crippen LogP contribution in [-0.2, 0) is 12.8 Å². The summed E-state index contributed by atoms with van der Waals surface area (Å²) < 4.78 is 0. The van der Waals surface area contributed by atoms with Gasteiger partial charge in [0, 0.05) is 29.8 Å². The monoisotopic (exact) mass is 419 g/mol. The van der Waals surface area contributed by atoms with E-state index >= 15 is 0 Å². The first kappa shape index (κ1) is 22.6. The van der Waals surface area contributed by atoms with Crippen LogP contribution in [0.5, 0.6) is 0 Å². The molecule has 3 rings (SSSR count). The van der Waals surface area contributed by atoms with Gasteiger partial charge in [-0.1, -0.05) is 33.8 Å². The van der Waals surface area contributed by atoms with Crippen molar-refractivity contribution < 1.29 is 0 Å². The van der Waals surface area contributed by atoms with Crippen molar-refractivity contribution in [3.8, 4) is 0 Å². The van der Waals surface area contributed by atoms with Crippen LogP contribution in [0.15, 0.2) is 43.4 Å². The Kier molecular flexibility index (Phi) is 7.50. The van der Waals surface area contributed by atoms with Gasteiger partial charge in [0.15, 0.2) is 0 Å². The molecule has 2 unspecified atom stereocenters. The van der Waals surface area contributed by atoms with Gasteiger partial charge in [-0.25, -0.2) is 24.9 Å². The molecule has 3 heterocycles. The Hall–Kier alpha value is -3.09. The van der Waals surface area contributed by atoms with E-state index in [4.69, 9.17) is 16.5 Å². The number of anilines is 2. The van der Waals surface area contributed by atoms with Crippen LogP contribution in [0.1, 0.15) is 68.3 Å². The highest BCUT2D eigenvalue weighted by molar-refractivity contribution is 5.44. The highest BCUT2D eigenvalue weighted by atomic mass is 14.9. The van der Waals surface area contributed by atoms with E-state index in [1.807, 2.05) is 12.4 Å². The van der Waals surface area contributed by atoms with Crippen LogP contribution in [0.3, 0.4) is 0 Å². The summed E-state index contributed by atoms with van der Waals surface area (Å²) in [4.78, 5) is 21.2. The van der Waals surface area contributed by atoms with Gasteiger partial charge in [-0.3, -0.25) is 0 Å². The first-order chi connectivity index (χ1) is 14.9. The molecule has 7 heteroatoms. The fraction of sp³-hybridized carbons (Fsp3) is 0.458. The molecule has 3 aromatic heterocycles. The van der Waals surface area contributed by atoms with Gasteiger partial charge in [0.05, 0.1) is 0 Å². The number of rotatable bonds is 9. The lowest BCUT2D eigenvalue weighted by Gasteiger charge is -2.24. The standard InChI is InChI=1S/C24H33N7/c1-15(2)20(7-5-18-10-27-13-28-11-18)21-8-6-19(31-24(21)26)9-16(3)17(4)22-12-29-14-30-23(22)25/h6,8,10-17,20H,5,7,9H2,1-4H3,(H2,26,31)(H2,25,29,30)/t16?,17?,20-/m0/s1. The zero-order chi connectivity index (χ0) is 22.4. The van der Waals surface area contributed by atoms with Gasteiger partial charge < -0.3 is 11.5 Å². The van der Waals surface area contributed by atoms with Gasteiger partial charge in [0.25, 0.3) is 0 Å². The minimum atomic E-state index is 0.223. The normalized spacial score (nSPS) is 14.4. The molecule has 3 atom stereocenters.